The smallest absolute Gasteiger partial charge is 0.188 e. The maximum atomic E-state index is 4.92. The summed E-state index contributed by atoms with van der Waals surface area (Å²) in [7, 11) is 0. The Morgan fingerprint density at radius 2 is 1.68 bits per heavy atom. The molecule has 0 aromatic heterocycles. The first-order chi connectivity index (χ1) is 10.9. The Kier molecular flexibility index (Phi) is 3.68. The minimum atomic E-state index is 0.153. The molecule has 0 saturated carbocycles. The van der Waals surface area contributed by atoms with Crippen molar-refractivity contribution in [3.8, 4) is 0 Å². The Hall–Kier alpha value is -1.72. The molecule has 2 aromatic carbocycles. The van der Waals surface area contributed by atoms with Crippen LogP contribution in [0.1, 0.15) is 17.2 Å². The van der Waals surface area contributed by atoms with Crippen LogP contribution in [0.3, 0.4) is 0 Å². The molecule has 5 heteroatoms. The molecule has 0 radical (unpaired) electrons. The van der Waals surface area contributed by atoms with Crippen molar-refractivity contribution in [1.82, 2.24) is 5.01 Å². The number of nitrogens with zero attached hydrogens (tertiary/aromatic N) is 3. The third kappa shape index (κ3) is 2.34. The van der Waals surface area contributed by atoms with Gasteiger partial charge in [0.1, 0.15) is 16.5 Å². The van der Waals surface area contributed by atoms with Gasteiger partial charge in [-0.25, -0.2) is 10.0 Å². The normalized spacial score (nSPS) is 23.2. The largest absolute Gasteiger partial charge is 0.249 e. The van der Waals surface area contributed by atoms with E-state index in [1.807, 2.05) is 24.3 Å². The summed E-state index contributed by atoms with van der Waals surface area (Å²) < 4.78 is 0. The lowest BCUT2D eigenvalue weighted by Crippen LogP contribution is -2.26. The topological polar surface area (TPSA) is 28.0 Å². The second-order valence-corrected chi connectivity index (χ2v) is 7.02. The summed E-state index contributed by atoms with van der Waals surface area (Å²) in [6.07, 6.45) is 2.12. The van der Waals surface area contributed by atoms with Gasteiger partial charge in [-0.15, -0.1) is 11.8 Å². The monoisotopic (exact) mass is 325 g/mol. The number of aliphatic imine (C=N–C) groups is 1. The molecule has 2 aliphatic heterocycles. The molecule has 0 fully saturated rings. The van der Waals surface area contributed by atoms with E-state index in [0.717, 1.165) is 15.8 Å². The first-order valence-electron chi connectivity index (χ1n) is 7.13. The second kappa shape index (κ2) is 5.82. The molecule has 2 heterocycles. The van der Waals surface area contributed by atoms with E-state index in [0.29, 0.717) is 0 Å². The van der Waals surface area contributed by atoms with Crippen molar-refractivity contribution in [3.05, 3.63) is 71.8 Å². The fourth-order valence-corrected chi connectivity index (χ4v) is 4.54. The van der Waals surface area contributed by atoms with E-state index < -0.39 is 0 Å². The van der Waals surface area contributed by atoms with Crippen LogP contribution in [-0.2, 0) is 0 Å². The van der Waals surface area contributed by atoms with Crippen LogP contribution in [0.15, 0.2) is 70.8 Å². The molecule has 110 valence electrons. The maximum Gasteiger partial charge on any atom is 0.188 e. The van der Waals surface area contributed by atoms with Gasteiger partial charge in [-0.1, -0.05) is 60.7 Å². The molecule has 0 aliphatic carbocycles. The van der Waals surface area contributed by atoms with Crippen LogP contribution in [0.25, 0.3) is 0 Å². The van der Waals surface area contributed by atoms with E-state index in [1.54, 1.807) is 23.5 Å². The fourth-order valence-electron chi connectivity index (χ4n) is 2.68. The molecule has 2 aliphatic rings. The summed E-state index contributed by atoms with van der Waals surface area (Å²) >= 11 is 3.46. The van der Waals surface area contributed by atoms with Crippen molar-refractivity contribution in [2.75, 3.05) is 6.26 Å². The van der Waals surface area contributed by atoms with E-state index in [9.17, 15) is 0 Å². The highest BCUT2D eigenvalue weighted by atomic mass is 32.2. The third-order valence-electron chi connectivity index (χ3n) is 3.75. The van der Waals surface area contributed by atoms with Gasteiger partial charge in [0.15, 0.2) is 5.17 Å². The molecule has 0 unspecified atom stereocenters. The molecule has 0 bridgehead atoms. The summed E-state index contributed by atoms with van der Waals surface area (Å²) in [5.41, 5.74) is 2.40. The number of amidine groups is 1. The van der Waals surface area contributed by atoms with Crippen molar-refractivity contribution >= 4 is 33.7 Å². The van der Waals surface area contributed by atoms with E-state index in [1.165, 1.54) is 5.56 Å². The van der Waals surface area contributed by atoms with Crippen LogP contribution in [0.5, 0.6) is 0 Å². The van der Waals surface area contributed by atoms with E-state index >= 15 is 0 Å². The zero-order valence-corrected chi connectivity index (χ0v) is 13.7. The van der Waals surface area contributed by atoms with Gasteiger partial charge >= 0.3 is 0 Å². The third-order valence-corrected chi connectivity index (χ3v) is 5.67. The predicted molar refractivity (Wildman–Crippen MR) is 96.3 cm³/mol. The second-order valence-electron chi connectivity index (χ2n) is 5.11. The Balaban J connectivity index is 1.64. The van der Waals surface area contributed by atoms with E-state index in [4.69, 9.17) is 10.1 Å². The van der Waals surface area contributed by atoms with Crippen molar-refractivity contribution in [2.24, 2.45) is 10.1 Å². The van der Waals surface area contributed by atoms with Crippen molar-refractivity contribution in [2.45, 2.75) is 11.4 Å². The summed E-state index contributed by atoms with van der Waals surface area (Å²) in [6.45, 7) is 0. The zero-order chi connectivity index (χ0) is 14.9. The summed E-state index contributed by atoms with van der Waals surface area (Å²) in [5.74, 6) is 0. The highest BCUT2D eigenvalue weighted by molar-refractivity contribution is 8.27. The molecular formula is C17H15N3S2. The number of benzene rings is 2. The van der Waals surface area contributed by atoms with Gasteiger partial charge in [0.05, 0.1) is 0 Å². The molecule has 0 saturated heterocycles. The molecule has 0 amide bonds. The van der Waals surface area contributed by atoms with Gasteiger partial charge in [0.2, 0.25) is 0 Å². The molecular weight excluding hydrogens is 310 g/mol. The number of fused-ring (bicyclic) bond motifs is 1. The summed E-state index contributed by atoms with van der Waals surface area (Å²) in [6, 6.07) is 20.9. The van der Waals surface area contributed by atoms with Gasteiger partial charge < -0.3 is 0 Å². The van der Waals surface area contributed by atoms with Gasteiger partial charge in [-0.2, -0.15) is 5.10 Å². The van der Waals surface area contributed by atoms with E-state index in [-0.39, 0.29) is 11.4 Å². The minimum Gasteiger partial charge on any atom is -0.249 e. The quantitative estimate of drug-likeness (QED) is 0.846. The van der Waals surface area contributed by atoms with Crippen molar-refractivity contribution < 1.29 is 0 Å². The highest BCUT2D eigenvalue weighted by Crippen LogP contribution is 2.43. The number of thioether (sulfide) groups is 2. The average Bonchev–Trinajstić information content (AvgIpc) is 3.14. The fraction of sp³-hybridized carbons (Fsp3) is 0.176. The Morgan fingerprint density at radius 3 is 2.36 bits per heavy atom. The summed E-state index contributed by atoms with van der Waals surface area (Å²) in [4.78, 5) is 4.92. The standard InChI is InChI=1S/C17H15N3S2/c1-21-16-14(12-8-4-2-5-9-12)18-17-20(16)19-15(22-17)13-10-6-3-7-11-13/h2-11,14,16H,1H3/t14-,16+/m1/s1. The molecule has 22 heavy (non-hydrogen) atoms. The van der Waals surface area contributed by atoms with E-state index in [2.05, 4.69) is 47.7 Å². The van der Waals surface area contributed by atoms with Gasteiger partial charge in [-0.05, 0) is 23.6 Å². The van der Waals surface area contributed by atoms with Crippen molar-refractivity contribution in [1.29, 1.82) is 0 Å². The van der Waals surface area contributed by atoms with Crippen LogP contribution < -0.4 is 0 Å². The number of hydrazone groups is 1. The lowest BCUT2D eigenvalue weighted by Gasteiger charge is -2.21. The zero-order valence-electron chi connectivity index (χ0n) is 12.1. The number of hydrogen-bond acceptors (Lipinski definition) is 5. The summed E-state index contributed by atoms with van der Waals surface area (Å²) in [5, 5.41) is 9.16. The molecule has 2 aromatic rings. The van der Waals surface area contributed by atoms with Crippen LogP contribution in [0.2, 0.25) is 0 Å². The van der Waals surface area contributed by atoms with Gasteiger partial charge in [0.25, 0.3) is 0 Å². The highest BCUT2D eigenvalue weighted by Gasteiger charge is 2.41. The van der Waals surface area contributed by atoms with Crippen LogP contribution in [-0.4, -0.2) is 26.8 Å². The lowest BCUT2D eigenvalue weighted by molar-refractivity contribution is 0.426. The number of hydrogen-bond donors (Lipinski definition) is 0. The first kappa shape index (κ1) is 13.9. The number of rotatable bonds is 3. The van der Waals surface area contributed by atoms with Crippen molar-refractivity contribution in [3.63, 3.8) is 0 Å². The molecule has 0 N–H and O–H groups in total. The van der Waals surface area contributed by atoms with Crippen LogP contribution in [0, 0.1) is 0 Å². The Morgan fingerprint density at radius 1 is 1.00 bits per heavy atom. The maximum absolute atomic E-state index is 4.92. The Bertz CT molecular complexity index is 728. The average molecular weight is 325 g/mol. The first-order valence-corrected chi connectivity index (χ1v) is 9.24. The molecule has 4 rings (SSSR count). The molecule has 0 spiro atoms. The Labute approximate surface area is 138 Å². The molecule has 3 nitrogen and oxygen atoms in total. The SMILES string of the molecule is CS[C@H]1[C@@H](c2ccccc2)N=C2SC(c3ccccc3)=NN21. The van der Waals surface area contributed by atoms with Gasteiger partial charge in [-0.3, -0.25) is 0 Å². The minimum absolute atomic E-state index is 0.153. The predicted octanol–water partition coefficient (Wildman–Crippen LogP) is 4.20. The molecule has 2 atom stereocenters. The van der Waals surface area contributed by atoms with Gasteiger partial charge in [0, 0.05) is 5.56 Å². The lowest BCUT2D eigenvalue weighted by atomic mass is 10.1. The van der Waals surface area contributed by atoms with Crippen LogP contribution >= 0.6 is 23.5 Å². The van der Waals surface area contributed by atoms with Crippen LogP contribution in [0.4, 0.5) is 0 Å².